The number of rotatable bonds is 2. The minimum absolute atomic E-state index is 0.744. The Bertz CT molecular complexity index is 555. The SMILES string of the molecule is Cc1nnc(N2CCCCC2)n1-c1ccc(Cl)cc1. The van der Waals surface area contributed by atoms with Gasteiger partial charge in [-0.2, -0.15) is 0 Å². The molecule has 0 N–H and O–H groups in total. The molecule has 19 heavy (non-hydrogen) atoms. The Morgan fingerprint density at radius 3 is 2.37 bits per heavy atom. The lowest BCUT2D eigenvalue weighted by Crippen LogP contribution is -2.31. The zero-order valence-electron chi connectivity index (χ0n) is 11.0. The second-order valence-corrected chi connectivity index (χ2v) is 5.34. The van der Waals surface area contributed by atoms with E-state index in [1.807, 2.05) is 31.2 Å². The Morgan fingerprint density at radius 2 is 1.68 bits per heavy atom. The largest absolute Gasteiger partial charge is 0.341 e. The fourth-order valence-electron chi connectivity index (χ4n) is 2.54. The summed E-state index contributed by atoms with van der Waals surface area (Å²) in [5.41, 5.74) is 1.06. The van der Waals surface area contributed by atoms with Crippen LogP contribution in [-0.2, 0) is 0 Å². The van der Waals surface area contributed by atoms with Crippen LogP contribution in [-0.4, -0.2) is 27.9 Å². The molecule has 1 saturated heterocycles. The van der Waals surface area contributed by atoms with Crippen LogP contribution in [0.3, 0.4) is 0 Å². The number of anilines is 1. The molecule has 0 saturated carbocycles. The molecule has 1 aliphatic rings. The van der Waals surface area contributed by atoms with E-state index in [1.165, 1.54) is 19.3 Å². The van der Waals surface area contributed by atoms with E-state index in [0.717, 1.165) is 35.6 Å². The molecule has 0 aliphatic carbocycles. The summed E-state index contributed by atoms with van der Waals surface area (Å²) >= 11 is 5.95. The van der Waals surface area contributed by atoms with Crippen LogP contribution >= 0.6 is 11.6 Å². The maximum atomic E-state index is 5.95. The number of hydrogen-bond donors (Lipinski definition) is 0. The summed E-state index contributed by atoms with van der Waals surface area (Å²) in [5, 5.41) is 9.32. The van der Waals surface area contributed by atoms with Gasteiger partial charge in [0.15, 0.2) is 0 Å². The van der Waals surface area contributed by atoms with E-state index in [2.05, 4.69) is 19.7 Å². The molecule has 2 aromatic rings. The molecule has 100 valence electrons. The standard InChI is InChI=1S/C14H17ClN4/c1-11-16-17-14(18-9-3-2-4-10-18)19(11)13-7-5-12(15)6-8-13/h5-8H,2-4,9-10H2,1H3. The molecule has 1 aromatic carbocycles. The first-order chi connectivity index (χ1) is 9.25. The molecular weight excluding hydrogens is 260 g/mol. The molecule has 2 heterocycles. The van der Waals surface area contributed by atoms with Gasteiger partial charge in [-0.25, -0.2) is 0 Å². The summed E-state index contributed by atoms with van der Waals surface area (Å²) < 4.78 is 2.10. The fraction of sp³-hybridized carbons (Fsp3) is 0.429. The van der Waals surface area contributed by atoms with E-state index in [4.69, 9.17) is 11.6 Å². The van der Waals surface area contributed by atoms with Crippen molar-refractivity contribution in [2.75, 3.05) is 18.0 Å². The fourth-order valence-corrected chi connectivity index (χ4v) is 2.67. The van der Waals surface area contributed by atoms with Crippen molar-refractivity contribution in [3.05, 3.63) is 35.1 Å². The number of halogens is 1. The van der Waals surface area contributed by atoms with Crippen molar-refractivity contribution in [1.29, 1.82) is 0 Å². The number of aromatic nitrogens is 3. The highest BCUT2D eigenvalue weighted by molar-refractivity contribution is 6.30. The third-order valence-electron chi connectivity index (χ3n) is 3.53. The quantitative estimate of drug-likeness (QED) is 0.845. The van der Waals surface area contributed by atoms with Crippen LogP contribution in [0.2, 0.25) is 5.02 Å². The van der Waals surface area contributed by atoms with Gasteiger partial charge in [-0.3, -0.25) is 4.57 Å². The first kappa shape index (κ1) is 12.5. The molecule has 5 heteroatoms. The molecule has 1 aliphatic heterocycles. The van der Waals surface area contributed by atoms with Gasteiger partial charge in [0.2, 0.25) is 5.95 Å². The predicted molar refractivity (Wildman–Crippen MR) is 77.2 cm³/mol. The maximum Gasteiger partial charge on any atom is 0.231 e. The average Bonchev–Trinajstić information content (AvgIpc) is 2.83. The number of hydrogen-bond acceptors (Lipinski definition) is 3. The van der Waals surface area contributed by atoms with Gasteiger partial charge in [0.1, 0.15) is 5.82 Å². The van der Waals surface area contributed by atoms with Crippen molar-refractivity contribution in [2.45, 2.75) is 26.2 Å². The topological polar surface area (TPSA) is 34.0 Å². The van der Waals surface area contributed by atoms with Crippen molar-refractivity contribution in [3.8, 4) is 5.69 Å². The highest BCUT2D eigenvalue weighted by Gasteiger charge is 2.19. The third-order valence-corrected chi connectivity index (χ3v) is 3.78. The Hall–Kier alpha value is -1.55. The summed E-state index contributed by atoms with van der Waals surface area (Å²) in [6.07, 6.45) is 3.77. The highest BCUT2D eigenvalue weighted by Crippen LogP contribution is 2.23. The van der Waals surface area contributed by atoms with E-state index in [1.54, 1.807) is 0 Å². The van der Waals surface area contributed by atoms with Crippen molar-refractivity contribution < 1.29 is 0 Å². The van der Waals surface area contributed by atoms with E-state index in [9.17, 15) is 0 Å². The molecule has 0 radical (unpaired) electrons. The van der Waals surface area contributed by atoms with Crippen LogP contribution in [0, 0.1) is 6.92 Å². The van der Waals surface area contributed by atoms with Crippen LogP contribution in [0.15, 0.2) is 24.3 Å². The summed E-state index contributed by atoms with van der Waals surface area (Å²) in [6, 6.07) is 7.81. The van der Waals surface area contributed by atoms with Crippen LogP contribution in [0.1, 0.15) is 25.1 Å². The maximum absolute atomic E-state index is 5.95. The third kappa shape index (κ3) is 2.45. The van der Waals surface area contributed by atoms with Gasteiger partial charge >= 0.3 is 0 Å². The summed E-state index contributed by atoms with van der Waals surface area (Å²) in [5.74, 6) is 1.85. The molecular formula is C14H17ClN4. The molecule has 0 unspecified atom stereocenters. The Balaban J connectivity index is 2.00. The monoisotopic (exact) mass is 276 g/mol. The number of piperidine rings is 1. The minimum atomic E-state index is 0.744. The van der Waals surface area contributed by atoms with E-state index < -0.39 is 0 Å². The summed E-state index contributed by atoms with van der Waals surface area (Å²) in [7, 11) is 0. The number of benzene rings is 1. The smallest absolute Gasteiger partial charge is 0.231 e. The zero-order chi connectivity index (χ0) is 13.2. The van der Waals surface area contributed by atoms with Crippen LogP contribution < -0.4 is 4.90 Å². The molecule has 4 nitrogen and oxygen atoms in total. The van der Waals surface area contributed by atoms with E-state index >= 15 is 0 Å². The number of nitrogens with zero attached hydrogens (tertiary/aromatic N) is 4. The lowest BCUT2D eigenvalue weighted by Gasteiger charge is -2.27. The Kier molecular flexibility index (Phi) is 3.42. The molecule has 1 fully saturated rings. The molecule has 3 rings (SSSR count). The summed E-state index contributed by atoms with van der Waals surface area (Å²) in [6.45, 7) is 4.10. The highest BCUT2D eigenvalue weighted by atomic mass is 35.5. The van der Waals surface area contributed by atoms with Gasteiger partial charge in [-0.15, -0.1) is 10.2 Å². The Labute approximate surface area is 118 Å². The van der Waals surface area contributed by atoms with E-state index in [-0.39, 0.29) is 0 Å². The number of aryl methyl sites for hydroxylation is 1. The molecule has 0 atom stereocenters. The van der Waals surface area contributed by atoms with Crippen molar-refractivity contribution in [1.82, 2.24) is 14.8 Å². The van der Waals surface area contributed by atoms with Gasteiger partial charge in [-0.05, 0) is 50.5 Å². The van der Waals surface area contributed by atoms with Crippen LogP contribution in [0.25, 0.3) is 5.69 Å². The van der Waals surface area contributed by atoms with Crippen molar-refractivity contribution in [3.63, 3.8) is 0 Å². The average molecular weight is 277 g/mol. The second kappa shape index (κ2) is 5.21. The molecule has 1 aromatic heterocycles. The second-order valence-electron chi connectivity index (χ2n) is 4.91. The zero-order valence-corrected chi connectivity index (χ0v) is 11.8. The van der Waals surface area contributed by atoms with Gasteiger partial charge in [-0.1, -0.05) is 11.6 Å². The van der Waals surface area contributed by atoms with Gasteiger partial charge in [0.25, 0.3) is 0 Å². The van der Waals surface area contributed by atoms with Crippen LogP contribution in [0.4, 0.5) is 5.95 Å². The van der Waals surface area contributed by atoms with Crippen molar-refractivity contribution in [2.24, 2.45) is 0 Å². The summed E-state index contributed by atoms with van der Waals surface area (Å²) in [4.78, 5) is 2.32. The predicted octanol–water partition coefficient (Wildman–Crippen LogP) is 3.22. The minimum Gasteiger partial charge on any atom is -0.341 e. The molecule has 0 amide bonds. The molecule has 0 bridgehead atoms. The molecule has 0 spiro atoms. The Morgan fingerprint density at radius 1 is 1.00 bits per heavy atom. The van der Waals surface area contributed by atoms with Gasteiger partial charge in [0, 0.05) is 18.1 Å². The van der Waals surface area contributed by atoms with Gasteiger partial charge < -0.3 is 4.90 Å². The van der Waals surface area contributed by atoms with Crippen molar-refractivity contribution >= 4 is 17.5 Å². The van der Waals surface area contributed by atoms with E-state index in [0.29, 0.717) is 0 Å². The lowest BCUT2D eigenvalue weighted by molar-refractivity contribution is 0.565. The normalized spacial score (nSPS) is 15.8. The lowest BCUT2D eigenvalue weighted by atomic mass is 10.1. The van der Waals surface area contributed by atoms with Gasteiger partial charge in [0.05, 0.1) is 5.69 Å². The first-order valence-electron chi connectivity index (χ1n) is 6.68. The first-order valence-corrected chi connectivity index (χ1v) is 7.06. The van der Waals surface area contributed by atoms with Crippen LogP contribution in [0.5, 0.6) is 0 Å².